The number of carbonyl (C=O) groups excluding carboxylic acids is 3. The van der Waals surface area contributed by atoms with Crippen molar-refractivity contribution in [2.24, 2.45) is 11.8 Å². The van der Waals surface area contributed by atoms with Crippen LogP contribution in [-0.2, 0) is 37.2 Å². The Morgan fingerprint density at radius 3 is 2.60 bits per heavy atom. The van der Waals surface area contributed by atoms with E-state index in [2.05, 4.69) is 16.0 Å². The molecule has 0 bridgehead atoms. The lowest BCUT2D eigenvalue weighted by molar-refractivity contribution is -0.126. The average Bonchev–Trinajstić information content (AvgIpc) is 3.49. The van der Waals surface area contributed by atoms with Crippen LogP contribution in [0.5, 0.6) is 0 Å². The summed E-state index contributed by atoms with van der Waals surface area (Å²) >= 11 is 0.810. The topological polar surface area (TPSA) is 109 Å². The number of hydrogen-bond acceptors (Lipinski definition) is 5. The molecule has 1 aromatic carbocycles. The first kappa shape index (κ1) is 22.4. The van der Waals surface area contributed by atoms with Crippen LogP contribution in [0.25, 0.3) is 0 Å². The highest BCUT2D eigenvalue weighted by molar-refractivity contribution is 7.80. The Labute approximate surface area is 181 Å². The lowest BCUT2D eigenvalue weighted by Crippen LogP contribution is -2.52. The lowest BCUT2D eigenvalue weighted by atomic mass is 9.97. The van der Waals surface area contributed by atoms with E-state index >= 15 is 0 Å². The molecule has 0 aromatic heterocycles. The van der Waals surface area contributed by atoms with Gasteiger partial charge in [-0.2, -0.15) is 0 Å². The van der Waals surface area contributed by atoms with Crippen molar-refractivity contribution in [3.8, 4) is 0 Å². The second-order valence-corrected chi connectivity index (χ2v) is 9.05. The first-order valence-electron chi connectivity index (χ1n) is 10.3. The van der Waals surface area contributed by atoms with Gasteiger partial charge in [0.1, 0.15) is 18.7 Å². The van der Waals surface area contributed by atoms with Gasteiger partial charge in [-0.15, -0.1) is 4.18 Å². The summed E-state index contributed by atoms with van der Waals surface area (Å²) in [7, 11) is 0. The summed E-state index contributed by atoms with van der Waals surface area (Å²) in [6, 6.07) is 8.38. The summed E-state index contributed by atoms with van der Waals surface area (Å²) in [5.74, 6) is -0.186. The van der Waals surface area contributed by atoms with Crippen LogP contribution < -0.4 is 16.0 Å². The van der Waals surface area contributed by atoms with Crippen LogP contribution in [0.1, 0.15) is 38.7 Å². The highest BCUT2D eigenvalue weighted by Gasteiger charge is 2.49. The van der Waals surface area contributed by atoms with Crippen molar-refractivity contribution in [1.82, 2.24) is 16.0 Å². The van der Waals surface area contributed by atoms with Crippen molar-refractivity contribution in [1.29, 1.82) is 0 Å². The van der Waals surface area contributed by atoms with Crippen LogP contribution in [0.4, 0.5) is 4.79 Å². The zero-order chi connectivity index (χ0) is 21.5. The predicted octanol–water partition coefficient (Wildman–Crippen LogP) is 1.42. The zero-order valence-corrected chi connectivity index (χ0v) is 18.2. The minimum absolute atomic E-state index is 0.0212. The largest absolute Gasteiger partial charge is 0.445 e. The highest BCUT2D eigenvalue weighted by Crippen LogP contribution is 2.26. The number of hydrogen-bond donors (Lipinski definition) is 3. The van der Waals surface area contributed by atoms with E-state index in [1.54, 1.807) is 0 Å². The Hall–Kier alpha value is -2.26. The molecule has 3 rings (SSSR count). The maximum atomic E-state index is 12.9. The Bertz CT molecular complexity index is 741. The molecule has 0 radical (unpaired) electrons. The van der Waals surface area contributed by atoms with Crippen LogP contribution in [0, 0.1) is 11.8 Å². The van der Waals surface area contributed by atoms with E-state index in [1.165, 1.54) is 0 Å². The number of ether oxygens (including phenoxy) is 1. The predicted molar refractivity (Wildman–Crippen MR) is 114 cm³/mol. The molecule has 1 aromatic rings. The number of alkyl carbamates (subject to hydrolysis) is 1. The fourth-order valence-electron chi connectivity index (χ4n) is 3.50. The monoisotopic (exact) mass is 436 g/mol. The Balaban J connectivity index is 1.55. The maximum absolute atomic E-state index is 12.9. The summed E-state index contributed by atoms with van der Waals surface area (Å²) in [5, 5.41) is 8.50. The van der Waals surface area contributed by atoms with E-state index in [-0.39, 0.29) is 41.7 Å². The van der Waals surface area contributed by atoms with Crippen molar-refractivity contribution in [3.63, 3.8) is 0 Å². The van der Waals surface area contributed by atoms with Crippen LogP contribution in [0.3, 0.4) is 0 Å². The summed E-state index contributed by atoms with van der Waals surface area (Å²) < 4.78 is 10.6. The molecule has 8 nitrogen and oxygen atoms in total. The molecule has 0 saturated carbocycles. The van der Waals surface area contributed by atoms with Gasteiger partial charge in [-0.05, 0) is 30.7 Å². The quantitative estimate of drug-likeness (QED) is 0.292. The van der Waals surface area contributed by atoms with Gasteiger partial charge < -0.3 is 20.7 Å². The molecule has 0 aliphatic carbocycles. The second-order valence-electron chi connectivity index (χ2n) is 8.12. The molecular formula is C21H30N3O5S+. The molecule has 4 atom stereocenters. The lowest BCUT2D eigenvalue weighted by Gasteiger charge is -2.23. The third kappa shape index (κ3) is 6.91. The number of carbonyl (C=O) groups is 3. The molecule has 2 aliphatic heterocycles. The summed E-state index contributed by atoms with van der Waals surface area (Å²) in [6.07, 6.45) is 1.13. The fraction of sp³-hybridized carbons (Fsp3) is 0.571. The number of rotatable bonds is 10. The van der Waals surface area contributed by atoms with Gasteiger partial charge in [-0.1, -0.05) is 44.2 Å². The van der Waals surface area contributed by atoms with E-state index < -0.39 is 12.1 Å². The summed E-state index contributed by atoms with van der Waals surface area (Å²) in [5.41, 5.74) is 0.768. The third-order valence-electron chi connectivity index (χ3n) is 5.13. The van der Waals surface area contributed by atoms with Gasteiger partial charge in [0.2, 0.25) is 11.8 Å². The van der Waals surface area contributed by atoms with Gasteiger partial charge in [0.25, 0.3) is 0 Å². The molecule has 2 saturated heterocycles. The number of thiol groups is 1. The molecule has 164 valence electrons. The molecule has 3 N–H and O–H groups in total. The van der Waals surface area contributed by atoms with Crippen molar-refractivity contribution < 1.29 is 23.3 Å². The first-order valence-corrected chi connectivity index (χ1v) is 11.2. The van der Waals surface area contributed by atoms with Crippen molar-refractivity contribution in [2.45, 2.75) is 57.2 Å². The molecule has 2 heterocycles. The van der Waals surface area contributed by atoms with Gasteiger partial charge in [0.05, 0.1) is 0 Å². The van der Waals surface area contributed by atoms with Crippen molar-refractivity contribution in [2.75, 3.05) is 6.54 Å². The van der Waals surface area contributed by atoms with Crippen molar-refractivity contribution in [3.05, 3.63) is 35.9 Å². The second kappa shape index (κ2) is 10.7. The van der Waals surface area contributed by atoms with Gasteiger partial charge in [0.15, 0.2) is 12.0 Å². The molecule has 30 heavy (non-hydrogen) atoms. The van der Waals surface area contributed by atoms with Gasteiger partial charge in [-0.3, -0.25) is 9.59 Å². The average molecular weight is 437 g/mol. The molecular weight excluding hydrogens is 406 g/mol. The van der Waals surface area contributed by atoms with Gasteiger partial charge in [-0.25, -0.2) is 4.79 Å². The molecule has 2 fully saturated rings. The SMILES string of the molecule is CC(C)C[C@H](NC(=O)OCc1ccccc1)C(=O)N[C@@H](C[C@@H]1CCNC1=O)[C@H]1O[SH+]1. The van der Waals surface area contributed by atoms with Crippen LogP contribution in [0.15, 0.2) is 30.3 Å². The van der Waals surface area contributed by atoms with E-state index in [0.29, 0.717) is 19.4 Å². The maximum Gasteiger partial charge on any atom is 0.408 e. The standard InChI is InChI=1S/C21H29N3O5S/c1-13(2)10-16(24-21(27)28-12-14-6-4-3-5-7-14)19(26)23-17(20-29-30-20)11-15-8-9-22-18(15)25/h3-7,13,15-17,20H,8-12H2,1-2H3,(H,22,25)(H,23,26)(H,24,27)/p+1/t15-,16-,17-,20-/m0/s1. The summed E-state index contributed by atoms with van der Waals surface area (Å²) in [4.78, 5) is 37.1. The molecule has 0 spiro atoms. The van der Waals surface area contributed by atoms with E-state index in [1.807, 2.05) is 44.2 Å². The fourth-order valence-corrected chi connectivity index (χ4v) is 4.06. The third-order valence-corrected chi connectivity index (χ3v) is 5.94. The smallest absolute Gasteiger partial charge is 0.408 e. The minimum Gasteiger partial charge on any atom is -0.445 e. The van der Waals surface area contributed by atoms with Crippen LogP contribution >= 0.6 is 0 Å². The number of benzene rings is 1. The Morgan fingerprint density at radius 1 is 1.27 bits per heavy atom. The van der Waals surface area contributed by atoms with Gasteiger partial charge >= 0.3 is 11.5 Å². The van der Waals surface area contributed by atoms with E-state index in [0.717, 1.165) is 24.0 Å². The normalized spacial score (nSPS) is 22.2. The number of amides is 3. The van der Waals surface area contributed by atoms with Crippen LogP contribution in [-0.4, -0.2) is 42.0 Å². The van der Waals surface area contributed by atoms with Crippen molar-refractivity contribution >= 4 is 30.0 Å². The van der Waals surface area contributed by atoms with Gasteiger partial charge in [0, 0.05) is 12.5 Å². The molecule has 0 unspecified atom stereocenters. The Morgan fingerprint density at radius 2 is 2.00 bits per heavy atom. The zero-order valence-electron chi connectivity index (χ0n) is 17.3. The minimum atomic E-state index is -0.719. The molecule has 9 heteroatoms. The number of nitrogens with one attached hydrogen (secondary N) is 3. The highest BCUT2D eigenvalue weighted by atomic mass is 32.2. The molecule has 3 amide bonds. The Kier molecular flexibility index (Phi) is 7.98. The first-order chi connectivity index (χ1) is 14.4. The van der Waals surface area contributed by atoms with E-state index in [4.69, 9.17) is 8.92 Å². The van der Waals surface area contributed by atoms with Crippen LogP contribution in [0.2, 0.25) is 0 Å². The van der Waals surface area contributed by atoms with E-state index in [9.17, 15) is 14.4 Å². The summed E-state index contributed by atoms with van der Waals surface area (Å²) in [6.45, 7) is 4.77. The molecule has 2 aliphatic rings.